The number of Topliss-reactive ketones (excluding diaryl/α,β-unsaturated/α-hetero) is 2. The van der Waals surface area contributed by atoms with E-state index in [1.807, 2.05) is 48.5 Å². The van der Waals surface area contributed by atoms with Gasteiger partial charge in [-0.2, -0.15) is 0 Å². The minimum atomic E-state index is -0.445. The average Bonchev–Trinajstić information content (AvgIpc) is 4.06. The molecule has 18 nitrogen and oxygen atoms in total. The first-order valence-electron chi connectivity index (χ1n) is 21.6. The molecule has 21 heteroatoms. The van der Waals surface area contributed by atoms with E-state index in [-0.39, 0.29) is 66.7 Å². The molecule has 68 heavy (non-hydrogen) atoms. The van der Waals surface area contributed by atoms with E-state index in [0.29, 0.717) is 61.5 Å². The fourth-order valence-electron chi connectivity index (χ4n) is 6.50. The molecule has 0 bridgehead atoms. The van der Waals surface area contributed by atoms with Crippen LogP contribution >= 0.6 is 34.0 Å². The van der Waals surface area contributed by atoms with Crippen molar-refractivity contribution in [3.05, 3.63) is 131 Å². The van der Waals surface area contributed by atoms with Crippen LogP contribution in [-0.2, 0) is 80.3 Å². The summed E-state index contributed by atoms with van der Waals surface area (Å²) in [6.07, 6.45) is 3.41. The number of ketones is 2. The summed E-state index contributed by atoms with van der Waals surface area (Å²) < 4.78 is 0. The molecular weight excluding hydrogens is 925 g/mol. The van der Waals surface area contributed by atoms with Crippen LogP contribution in [0.3, 0.4) is 0 Å². The van der Waals surface area contributed by atoms with Gasteiger partial charge in [0.15, 0.2) is 0 Å². The van der Waals surface area contributed by atoms with Crippen LogP contribution in [-0.4, -0.2) is 65.8 Å². The van der Waals surface area contributed by atoms with Crippen LogP contribution < -0.4 is 33.2 Å². The third-order valence-corrected chi connectivity index (χ3v) is 12.7. The van der Waals surface area contributed by atoms with E-state index in [0.717, 1.165) is 28.7 Å². The van der Waals surface area contributed by atoms with Crippen molar-refractivity contribution in [2.75, 3.05) is 5.73 Å². The second-order valence-electron chi connectivity index (χ2n) is 15.8. The molecule has 0 fully saturated rings. The first kappa shape index (κ1) is 53.9. The fraction of sp³-hybridized carbons (Fsp3) is 0.362. The Kier molecular flexibility index (Phi) is 21.6. The largest absolute Gasteiger partial charge is 0.399 e. The fourth-order valence-corrected chi connectivity index (χ4v) is 9.34. The lowest BCUT2D eigenvalue weighted by atomic mass is 10.0. The number of benzene rings is 3. The standard InChI is InChI=1S/2C16H20N4O2S.C15H18N4O2S/c1-10(21)6-15-19-20-16(23-15)14(18-11(2)22)8-12-4-3-5-13(7-12)9-17;1-3-11-4-6-12(7-5-11)8-13(18-10(2)21)16-20-19-15(23-16)9-14(17)22;1-9(20)7-14-18-19-15(22-14)13(17-10(2)21)8-11-3-5-12(16)6-4-11/h3-5,7,14H,6,8-9,17H2,1-2H3,(H,18,22);4-7,13H,3,8-9H2,1-2H3,(H2,17,22)(H,18,21);3-6,13H,7-8,16H2,1-2H3,(H,17,21)/t14-;2*13-/m000/s1. The molecule has 0 saturated heterocycles. The van der Waals surface area contributed by atoms with Gasteiger partial charge in [-0.15, -0.1) is 30.6 Å². The highest BCUT2D eigenvalue weighted by molar-refractivity contribution is 7.12. The second-order valence-corrected chi connectivity index (χ2v) is 19.1. The Labute approximate surface area is 407 Å². The van der Waals surface area contributed by atoms with Gasteiger partial charge in [0.05, 0.1) is 37.4 Å². The Morgan fingerprint density at radius 3 is 1.25 bits per heavy atom. The topological polar surface area (TPSA) is 294 Å². The van der Waals surface area contributed by atoms with Crippen molar-refractivity contribution in [2.45, 2.75) is 111 Å². The monoisotopic (exact) mass is 982 g/mol. The van der Waals surface area contributed by atoms with Crippen molar-refractivity contribution < 1.29 is 28.8 Å². The third kappa shape index (κ3) is 19.3. The number of hydrogen-bond donors (Lipinski definition) is 6. The van der Waals surface area contributed by atoms with E-state index in [2.05, 4.69) is 77.7 Å². The molecule has 6 aromatic rings. The summed E-state index contributed by atoms with van der Waals surface area (Å²) in [6.45, 7) is 10.0. The SMILES string of the molecule is CC(=O)Cc1nnc([C@H](Cc2ccc(N)cc2)NC(C)=O)s1.CC(=O)Cc1nnc([C@H](Cc2cccc(CN)c2)NC(C)=O)s1.CCc1ccc(C[C@H](NC(C)=O)c2nnc(CC(N)=O)s2)cc1. The molecule has 0 aliphatic rings. The molecule has 3 aromatic carbocycles. The molecule has 0 aliphatic carbocycles. The Morgan fingerprint density at radius 2 is 0.882 bits per heavy atom. The Hall–Kier alpha value is -6.68. The van der Waals surface area contributed by atoms with Gasteiger partial charge in [0, 0.05) is 33.0 Å². The first-order chi connectivity index (χ1) is 32.4. The number of carbonyl (C=O) groups is 6. The number of nitrogens with two attached hydrogens (primary N) is 3. The van der Waals surface area contributed by atoms with Crippen molar-refractivity contribution in [2.24, 2.45) is 11.5 Å². The number of rotatable bonds is 20. The zero-order chi connectivity index (χ0) is 49.8. The number of carbonyl (C=O) groups excluding carboxylic acids is 6. The molecule has 0 saturated carbocycles. The molecular formula is C47H58N12O6S3. The average molecular weight is 983 g/mol. The van der Waals surface area contributed by atoms with Crippen LogP contribution in [0.5, 0.6) is 0 Å². The highest BCUT2D eigenvalue weighted by Gasteiger charge is 2.22. The molecule has 4 amide bonds. The van der Waals surface area contributed by atoms with E-state index in [1.165, 1.54) is 74.2 Å². The van der Waals surface area contributed by atoms with Crippen LogP contribution in [0.25, 0.3) is 0 Å². The van der Waals surface area contributed by atoms with Crippen molar-refractivity contribution in [3.8, 4) is 0 Å². The Balaban J connectivity index is 0.000000222. The maximum atomic E-state index is 11.5. The van der Waals surface area contributed by atoms with Crippen LogP contribution in [0.15, 0.2) is 72.8 Å². The number of aryl methyl sites for hydroxylation is 1. The highest BCUT2D eigenvalue weighted by atomic mass is 32.1. The van der Waals surface area contributed by atoms with Gasteiger partial charge in [0.1, 0.15) is 41.6 Å². The van der Waals surface area contributed by atoms with Crippen molar-refractivity contribution >= 4 is 74.9 Å². The number of nitrogen functional groups attached to an aromatic ring is 1. The number of amides is 4. The highest BCUT2D eigenvalue weighted by Crippen LogP contribution is 2.26. The molecule has 0 aliphatic heterocycles. The number of primary amides is 1. The predicted molar refractivity (Wildman–Crippen MR) is 263 cm³/mol. The number of hydrogen-bond acceptors (Lipinski definition) is 17. The Bertz CT molecular complexity index is 2610. The number of anilines is 1. The number of nitrogens with zero attached hydrogens (tertiary/aromatic N) is 6. The molecule has 3 atom stereocenters. The maximum absolute atomic E-state index is 11.5. The summed E-state index contributed by atoms with van der Waals surface area (Å²) in [5.74, 6) is -0.764. The molecule has 6 rings (SSSR count). The van der Waals surface area contributed by atoms with E-state index in [1.54, 1.807) is 0 Å². The smallest absolute Gasteiger partial charge is 0.224 e. The molecule has 0 unspecified atom stereocenters. The minimum Gasteiger partial charge on any atom is -0.399 e. The van der Waals surface area contributed by atoms with Gasteiger partial charge in [-0.25, -0.2) is 0 Å². The molecule has 3 aromatic heterocycles. The lowest BCUT2D eigenvalue weighted by Crippen LogP contribution is -2.27. The van der Waals surface area contributed by atoms with Crippen molar-refractivity contribution in [1.82, 2.24) is 46.5 Å². The number of aromatic nitrogens is 6. The lowest BCUT2D eigenvalue weighted by molar-refractivity contribution is -0.120. The molecule has 360 valence electrons. The van der Waals surface area contributed by atoms with Crippen LogP contribution in [0.1, 0.15) is 118 Å². The zero-order valence-electron chi connectivity index (χ0n) is 38.9. The first-order valence-corrected chi connectivity index (χ1v) is 24.1. The van der Waals surface area contributed by atoms with Gasteiger partial charge in [-0.05, 0) is 79.5 Å². The zero-order valence-corrected chi connectivity index (χ0v) is 41.4. The molecule has 9 N–H and O–H groups in total. The summed E-state index contributed by atoms with van der Waals surface area (Å²) in [5, 5.41) is 37.0. The van der Waals surface area contributed by atoms with Crippen molar-refractivity contribution in [3.63, 3.8) is 0 Å². The Morgan fingerprint density at radius 1 is 0.515 bits per heavy atom. The van der Waals surface area contributed by atoms with Crippen LogP contribution in [0.2, 0.25) is 0 Å². The van der Waals surface area contributed by atoms with E-state index >= 15 is 0 Å². The molecule has 0 spiro atoms. The van der Waals surface area contributed by atoms with Gasteiger partial charge in [0.2, 0.25) is 23.6 Å². The predicted octanol–water partition coefficient (Wildman–Crippen LogP) is 4.77. The van der Waals surface area contributed by atoms with E-state index in [4.69, 9.17) is 17.2 Å². The maximum Gasteiger partial charge on any atom is 0.224 e. The summed E-state index contributed by atoms with van der Waals surface area (Å²) in [5.41, 5.74) is 22.7. The molecule has 0 radical (unpaired) electrons. The van der Waals surface area contributed by atoms with Gasteiger partial charge in [-0.3, -0.25) is 28.8 Å². The normalized spacial score (nSPS) is 11.9. The summed E-state index contributed by atoms with van der Waals surface area (Å²) in [6, 6.07) is 22.9. The summed E-state index contributed by atoms with van der Waals surface area (Å²) in [4.78, 5) is 67.7. The minimum absolute atomic E-state index is 0.0392. The summed E-state index contributed by atoms with van der Waals surface area (Å²) >= 11 is 4.01. The van der Waals surface area contributed by atoms with E-state index in [9.17, 15) is 28.8 Å². The van der Waals surface area contributed by atoms with E-state index < -0.39 is 5.91 Å². The van der Waals surface area contributed by atoms with Crippen LogP contribution in [0.4, 0.5) is 5.69 Å². The lowest BCUT2D eigenvalue weighted by Gasteiger charge is -2.15. The second kappa shape index (κ2) is 27.2. The van der Waals surface area contributed by atoms with Crippen LogP contribution in [0, 0.1) is 0 Å². The number of nitrogens with one attached hydrogen (secondary N) is 3. The van der Waals surface area contributed by atoms with Gasteiger partial charge < -0.3 is 33.2 Å². The summed E-state index contributed by atoms with van der Waals surface area (Å²) in [7, 11) is 0. The van der Waals surface area contributed by atoms with Gasteiger partial charge >= 0.3 is 0 Å². The quantitative estimate of drug-likeness (QED) is 0.0562. The third-order valence-electron chi connectivity index (χ3n) is 9.56. The van der Waals surface area contributed by atoms with Gasteiger partial charge in [0.25, 0.3) is 0 Å². The molecule has 3 heterocycles. The van der Waals surface area contributed by atoms with Crippen molar-refractivity contribution in [1.29, 1.82) is 0 Å². The van der Waals surface area contributed by atoms with Gasteiger partial charge in [-0.1, -0.05) is 102 Å².